The van der Waals surface area contributed by atoms with Crippen LogP contribution in [0.25, 0.3) is 12.2 Å². The number of aliphatic hydroxyl groups excluding tert-OH is 1. The summed E-state index contributed by atoms with van der Waals surface area (Å²) in [7, 11) is -1.18. The van der Waals surface area contributed by atoms with E-state index in [0.29, 0.717) is 79.0 Å². The number of ether oxygens (including phenoxy) is 7. The van der Waals surface area contributed by atoms with Crippen molar-refractivity contribution in [3.63, 3.8) is 0 Å². The Labute approximate surface area is 525 Å². The molecule has 0 aliphatic carbocycles. The first kappa shape index (κ1) is 70.1. The number of oxazole rings is 2. The first-order chi connectivity index (χ1) is 41.0. The molecular weight excluding hydrogens is 1190 g/mol. The molecule has 4 saturated heterocycles. The van der Waals surface area contributed by atoms with Gasteiger partial charge in [0.2, 0.25) is 14.2 Å². The highest BCUT2D eigenvalue weighted by Gasteiger charge is 2.52. The van der Waals surface area contributed by atoms with E-state index in [0.717, 1.165) is 59.8 Å². The molecule has 1 N–H and O–H groups in total. The van der Waals surface area contributed by atoms with Gasteiger partial charge in [0.1, 0.15) is 36.1 Å². The Morgan fingerprint density at radius 2 is 1.57 bits per heavy atom. The Bertz CT molecular complexity index is 2640. The fourth-order valence-corrected chi connectivity index (χ4v) is 23.3. The van der Waals surface area contributed by atoms with Gasteiger partial charge in [0, 0.05) is 57.8 Å². The second-order valence-electron chi connectivity index (χ2n) is 26.2. The zero-order chi connectivity index (χ0) is 62.5. The predicted molar refractivity (Wildman–Crippen MR) is 347 cm³/mol. The van der Waals surface area contributed by atoms with E-state index in [1.165, 1.54) is 0 Å². The van der Waals surface area contributed by atoms with Crippen molar-refractivity contribution in [3.8, 4) is 0 Å². The number of esters is 1. The minimum Gasteiger partial charge on any atom is -0.458 e. The van der Waals surface area contributed by atoms with E-state index in [-0.39, 0.29) is 67.1 Å². The average Bonchev–Trinajstić information content (AvgIpc) is 1.57. The van der Waals surface area contributed by atoms with Crippen LogP contribution in [-0.4, -0.2) is 125 Å². The molecule has 15 nitrogen and oxygen atoms in total. The number of rotatable bonds is 22. The fraction of sp³-hybridized carbons (Fsp3) is 0.691. The highest BCUT2D eigenvalue weighted by atomic mass is 79.9. The SMILES string of the molecule is C=C1C[C@@H]2C[C@@H]3C[C@H](O[Si](C(C)C)(C(C)C)C(C)C)C[C@@H](O3)c3coc(n3)/C=C/C[C@H]3O[C@@H](/C(C)=C/c4coc(C[C@]5(O[Si](CC)(CC)CC)C[C@H](OC)C[C@H]([C@H](O)/C=C(C)/C=C/[C@@H](C/C=C/Br)OC)O5)n4)[C@H](C)[C@@H](OC(=O)/C=C\C[C@@H](C1)O2)[C@@H]3C. The van der Waals surface area contributed by atoms with Gasteiger partial charge in [0.25, 0.3) is 0 Å². The summed E-state index contributed by atoms with van der Waals surface area (Å²) in [6, 6.07) is 2.67. The molecule has 15 atom stereocenters. The van der Waals surface area contributed by atoms with Crippen molar-refractivity contribution >= 4 is 50.7 Å². The van der Waals surface area contributed by atoms with Crippen LogP contribution in [0, 0.1) is 11.8 Å². The molecule has 4 fully saturated rings. The quantitative estimate of drug-likeness (QED) is 0.0510. The maximum atomic E-state index is 13.9. The summed E-state index contributed by atoms with van der Waals surface area (Å²) in [5.41, 5.74) is 5.59. The molecule has 0 spiro atoms. The third-order valence-corrected chi connectivity index (χ3v) is 30.4. The fourth-order valence-electron chi connectivity index (χ4n) is 14.6. The van der Waals surface area contributed by atoms with Crippen LogP contribution in [-0.2, 0) is 53.2 Å². The molecule has 7 heterocycles. The molecule has 7 rings (SSSR count). The number of carbonyl (C=O) groups excluding carboxylic acids is 1. The lowest BCUT2D eigenvalue weighted by Gasteiger charge is -2.48. The monoisotopic (exact) mass is 1290 g/mol. The summed E-state index contributed by atoms with van der Waals surface area (Å²) in [6.45, 7) is 33.2. The van der Waals surface area contributed by atoms with Crippen molar-refractivity contribution < 1.29 is 60.7 Å². The number of methoxy groups -OCH3 is 2. The number of fused-ring (bicyclic) bond motifs is 9. The Balaban J connectivity index is 1.15. The normalized spacial score (nSPS) is 32.0. The zero-order valence-corrected chi connectivity index (χ0v) is 58.1. The van der Waals surface area contributed by atoms with Crippen LogP contribution >= 0.6 is 15.9 Å². The van der Waals surface area contributed by atoms with E-state index in [4.69, 9.17) is 60.8 Å². The molecule has 0 aromatic carbocycles. The minimum atomic E-state index is -2.34. The number of hydrogen-bond acceptors (Lipinski definition) is 15. The maximum absolute atomic E-state index is 13.9. The molecule has 0 unspecified atom stereocenters. The standard InChI is InChI=1S/C68H105BrN2O13Si2/c1-17-85(18-2,19-3)84-68(39-57(75-16)38-62(82-68)59(72)33-46(10)28-29-52(74-15)24-22-30-69)40-64-70-51(41-76-64)34-48(12)66-50(14)67-49(13)60(80-66)25-21-26-63-71-58(42-77-63)61-37-56(83-86(43(4)5,44(6)7)45(8)9)36-55(79-61)35-54-32-47(11)31-53(78-54)23-20-27-65(73)81-67/h20-22,26-30,33-34,41-45,49-50,52-57,59-62,66-67,72H,11,17-19,23-25,31-32,35-40H2,1-10,12-16H3/b26-21+,27-20-,29-28+,30-22+,46-33+,48-34+/t49-,50+,52-,53+,54-,55-,56+,57-,59-,60-,61-,62-,66+,67+,68-/m1/s1. The van der Waals surface area contributed by atoms with E-state index in [1.807, 2.05) is 67.4 Å². The summed E-state index contributed by atoms with van der Waals surface area (Å²) in [4.78, 5) is 25.9. The Morgan fingerprint density at radius 1 is 0.860 bits per heavy atom. The summed E-state index contributed by atoms with van der Waals surface area (Å²) >= 11 is 3.34. The third-order valence-electron chi connectivity index (χ3n) is 19.2. The Hall–Kier alpha value is -3.38. The lowest BCUT2D eigenvalue weighted by molar-refractivity contribution is -0.277. The molecule has 2 aromatic heterocycles. The number of nitrogens with zero attached hydrogens (tertiary/aromatic N) is 2. The largest absolute Gasteiger partial charge is 0.458 e. The van der Waals surface area contributed by atoms with Crippen molar-refractivity contribution in [2.75, 3.05) is 14.2 Å². The summed E-state index contributed by atoms with van der Waals surface area (Å²) in [5.74, 6) is -1.06. The minimum absolute atomic E-state index is 0.00662. The van der Waals surface area contributed by atoms with Gasteiger partial charge in [-0.25, -0.2) is 14.8 Å². The second-order valence-corrected chi connectivity index (χ2v) is 36.9. The maximum Gasteiger partial charge on any atom is 0.330 e. The lowest BCUT2D eigenvalue weighted by atomic mass is 9.79. The van der Waals surface area contributed by atoms with Gasteiger partial charge in [0.05, 0.1) is 67.5 Å². The van der Waals surface area contributed by atoms with Gasteiger partial charge in [-0.05, 0) is 110 Å². The first-order valence-corrected chi connectivity index (χ1v) is 37.8. The number of hydrogen-bond donors (Lipinski definition) is 1. The van der Waals surface area contributed by atoms with Crippen LogP contribution in [0.4, 0.5) is 0 Å². The van der Waals surface area contributed by atoms with Crippen molar-refractivity contribution in [2.24, 2.45) is 11.8 Å². The second kappa shape index (κ2) is 32.1. The highest BCUT2D eigenvalue weighted by molar-refractivity contribution is 9.11. The Kier molecular flexibility index (Phi) is 26.1. The summed E-state index contributed by atoms with van der Waals surface area (Å²) in [6.07, 6.45) is 23.2. The molecule has 0 radical (unpaired) electrons. The van der Waals surface area contributed by atoms with Gasteiger partial charge in [-0.3, -0.25) is 0 Å². The van der Waals surface area contributed by atoms with Crippen LogP contribution in [0.5, 0.6) is 0 Å². The van der Waals surface area contributed by atoms with Crippen molar-refractivity contribution in [3.05, 3.63) is 107 Å². The van der Waals surface area contributed by atoms with Gasteiger partial charge in [-0.15, -0.1) is 0 Å². The van der Waals surface area contributed by atoms with Gasteiger partial charge in [0.15, 0.2) is 20.0 Å². The molecule has 0 amide bonds. The van der Waals surface area contributed by atoms with Gasteiger partial charge < -0.3 is 56.0 Å². The lowest BCUT2D eigenvalue weighted by Crippen LogP contribution is -2.57. The molecule has 5 aliphatic heterocycles. The van der Waals surface area contributed by atoms with Crippen LogP contribution in [0.15, 0.2) is 92.2 Å². The van der Waals surface area contributed by atoms with Gasteiger partial charge in [-0.2, -0.15) is 0 Å². The molecule has 86 heavy (non-hydrogen) atoms. The van der Waals surface area contributed by atoms with E-state index >= 15 is 0 Å². The van der Waals surface area contributed by atoms with E-state index < -0.39 is 52.8 Å². The number of allylic oxidation sites excluding steroid dienone is 2. The molecule has 5 aliphatic rings. The first-order valence-electron chi connectivity index (χ1n) is 32.2. The molecule has 18 heteroatoms. The van der Waals surface area contributed by atoms with Crippen molar-refractivity contribution in [2.45, 2.75) is 274 Å². The molecule has 8 bridgehead atoms. The topological polar surface area (TPSA) is 172 Å². The highest BCUT2D eigenvalue weighted by Crippen LogP contribution is 2.47. The van der Waals surface area contributed by atoms with Crippen LogP contribution < -0.4 is 0 Å². The van der Waals surface area contributed by atoms with E-state index in [1.54, 1.807) is 32.8 Å². The molecular formula is C68H105BrN2O13Si2. The molecule has 2 aromatic rings. The van der Waals surface area contributed by atoms with Gasteiger partial charge in [-0.1, -0.05) is 146 Å². The van der Waals surface area contributed by atoms with Crippen molar-refractivity contribution in [1.82, 2.24) is 9.97 Å². The van der Waals surface area contributed by atoms with Gasteiger partial charge >= 0.3 is 5.97 Å². The summed E-state index contributed by atoms with van der Waals surface area (Å²) < 4.78 is 73.4. The van der Waals surface area contributed by atoms with Crippen LogP contribution in [0.3, 0.4) is 0 Å². The number of aromatic nitrogens is 2. The smallest absolute Gasteiger partial charge is 0.330 e. The van der Waals surface area contributed by atoms with Crippen LogP contribution in [0.2, 0.25) is 34.8 Å². The Morgan fingerprint density at radius 3 is 2.24 bits per heavy atom. The van der Waals surface area contributed by atoms with E-state index in [9.17, 15) is 9.90 Å². The summed E-state index contributed by atoms with van der Waals surface area (Å²) in [5, 5.41) is 11.9. The van der Waals surface area contributed by atoms with Crippen molar-refractivity contribution in [1.29, 1.82) is 0 Å². The van der Waals surface area contributed by atoms with E-state index in [2.05, 4.69) is 98.7 Å². The molecule has 480 valence electrons. The third kappa shape index (κ3) is 18.0. The average molecular weight is 1290 g/mol. The van der Waals surface area contributed by atoms with Crippen LogP contribution in [0.1, 0.15) is 183 Å². The predicted octanol–water partition coefficient (Wildman–Crippen LogP) is 16.0. The molecule has 0 saturated carbocycles. The zero-order valence-electron chi connectivity index (χ0n) is 54.5. The number of carbonyl (C=O) groups is 1. The number of aliphatic hydroxyl groups is 1. The number of halogens is 1.